The van der Waals surface area contributed by atoms with Crippen LogP contribution in [0.1, 0.15) is 36.2 Å². The van der Waals surface area contributed by atoms with Crippen LogP contribution in [0.25, 0.3) is 10.9 Å². The van der Waals surface area contributed by atoms with Crippen LogP contribution in [0.5, 0.6) is 5.75 Å². The van der Waals surface area contributed by atoms with Gasteiger partial charge in [0, 0.05) is 30.7 Å². The van der Waals surface area contributed by atoms with Gasteiger partial charge in [-0.2, -0.15) is 0 Å². The van der Waals surface area contributed by atoms with E-state index in [0.29, 0.717) is 5.52 Å². The van der Waals surface area contributed by atoms with Gasteiger partial charge in [0.05, 0.1) is 16.9 Å². The van der Waals surface area contributed by atoms with Crippen molar-refractivity contribution < 1.29 is 23.4 Å². The fourth-order valence-corrected chi connectivity index (χ4v) is 4.66. The van der Waals surface area contributed by atoms with Crippen LogP contribution in [0.15, 0.2) is 17.1 Å². The van der Waals surface area contributed by atoms with Gasteiger partial charge in [0.1, 0.15) is 24.0 Å². The van der Waals surface area contributed by atoms with E-state index in [2.05, 4.69) is 0 Å². The molecule has 0 amide bonds. The number of carbonyl (C=O) groups is 1. The summed E-state index contributed by atoms with van der Waals surface area (Å²) in [5, 5.41) is 9.30. The van der Waals surface area contributed by atoms with Crippen LogP contribution in [-0.4, -0.2) is 47.0 Å². The number of pyridine rings is 1. The van der Waals surface area contributed by atoms with Gasteiger partial charge in [-0.05, 0) is 25.8 Å². The van der Waals surface area contributed by atoms with Crippen LogP contribution >= 0.6 is 12.4 Å². The maximum atomic E-state index is 15.2. The van der Waals surface area contributed by atoms with Gasteiger partial charge >= 0.3 is 5.97 Å². The lowest BCUT2D eigenvalue weighted by Crippen LogP contribution is -2.38. The summed E-state index contributed by atoms with van der Waals surface area (Å²) in [6, 6.07) is 0.789. The number of ether oxygens (including phenoxy) is 1. The highest BCUT2D eigenvalue weighted by Gasteiger charge is 2.53. The number of hydrogen-bond acceptors (Lipinski definition) is 5. The zero-order chi connectivity index (χ0) is 20.7. The summed E-state index contributed by atoms with van der Waals surface area (Å²) in [5.41, 5.74) is 4.92. The van der Waals surface area contributed by atoms with Crippen LogP contribution in [0.4, 0.5) is 14.5 Å². The summed E-state index contributed by atoms with van der Waals surface area (Å²) in [6.07, 6.45) is 1.60. The number of benzene rings is 1. The minimum atomic E-state index is -1.37. The van der Waals surface area contributed by atoms with Crippen molar-refractivity contribution in [1.82, 2.24) is 4.57 Å². The van der Waals surface area contributed by atoms with Crippen molar-refractivity contribution in [3.8, 4) is 5.75 Å². The minimum absolute atomic E-state index is 0. The van der Waals surface area contributed by atoms with Gasteiger partial charge < -0.3 is 25.0 Å². The maximum Gasteiger partial charge on any atom is 0.341 e. The summed E-state index contributed by atoms with van der Waals surface area (Å²) in [7, 11) is 0. The molecule has 0 radical (unpaired) electrons. The monoisotopic (exact) mass is 441 g/mol. The molecule has 3 atom stereocenters. The second-order valence-corrected chi connectivity index (χ2v) is 8.44. The summed E-state index contributed by atoms with van der Waals surface area (Å²) in [4.78, 5) is 25.7. The number of rotatable bonds is 3. The molecular formula is C20H22ClF2N3O4. The number of halogens is 3. The van der Waals surface area contributed by atoms with Crippen molar-refractivity contribution in [3.63, 3.8) is 0 Å². The molecule has 2 fully saturated rings. The Labute approximate surface area is 176 Å². The predicted octanol–water partition coefficient (Wildman–Crippen LogP) is 2.48. The quantitative estimate of drug-likeness (QED) is 0.759. The molecule has 30 heavy (non-hydrogen) atoms. The summed E-state index contributed by atoms with van der Waals surface area (Å²) in [5.74, 6) is -2.33. The molecule has 2 aromatic rings. The van der Waals surface area contributed by atoms with Crippen LogP contribution in [-0.2, 0) is 0 Å². The number of carboxylic acids is 1. The van der Waals surface area contributed by atoms with Crippen molar-refractivity contribution in [3.05, 3.63) is 33.9 Å². The number of aromatic nitrogens is 1. The number of aromatic carboxylic acids is 1. The maximum absolute atomic E-state index is 15.2. The van der Waals surface area contributed by atoms with Crippen LogP contribution in [0.2, 0.25) is 0 Å². The number of anilines is 1. The molecule has 3 heterocycles. The fraction of sp³-hybridized carbons (Fsp3) is 0.500. The van der Waals surface area contributed by atoms with Gasteiger partial charge in [0.2, 0.25) is 5.43 Å². The molecule has 3 N–H and O–H groups in total. The Morgan fingerprint density at radius 1 is 1.37 bits per heavy atom. The first-order chi connectivity index (χ1) is 13.7. The van der Waals surface area contributed by atoms with Gasteiger partial charge in [-0.15, -0.1) is 12.4 Å². The van der Waals surface area contributed by atoms with Gasteiger partial charge in [-0.3, -0.25) is 4.79 Å². The highest BCUT2D eigenvalue weighted by molar-refractivity contribution is 5.97. The molecule has 5 rings (SSSR count). The smallest absolute Gasteiger partial charge is 0.341 e. The van der Waals surface area contributed by atoms with Crippen molar-refractivity contribution in [2.24, 2.45) is 11.7 Å². The van der Waals surface area contributed by atoms with Crippen LogP contribution in [0, 0.1) is 11.7 Å². The Morgan fingerprint density at radius 2 is 2.07 bits per heavy atom. The summed E-state index contributed by atoms with van der Waals surface area (Å²) < 4.78 is 37.3. The second kappa shape index (κ2) is 6.81. The zero-order valence-electron chi connectivity index (χ0n) is 16.2. The molecular weight excluding hydrogens is 420 g/mol. The van der Waals surface area contributed by atoms with E-state index in [1.165, 1.54) is 6.20 Å². The van der Waals surface area contributed by atoms with Crippen molar-refractivity contribution in [1.29, 1.82) is 0 Å². The Kier molecular flexibility index (Phi) is 4.74. The average Bonchev–Trinajstić information content (AvgIpc) is 3.28. The Bertz CT molecular complexity index is 1120. The molecule has 0 spiro atoms. The molecule has 1 saturated carbocycles. The third-order valence-electron chi connectivity index (χ3n) is 6.50. The number of alkyl halides is 1. The number of carboxylic acid groups (broad SMARTS) is 1. The van der Waals surface area contributed by atoms with E-state index in [4.69, 9.17) is 10.5 Å². The highest BCUT2D eigenvalue weighted by atomic mass is 35.5. The first-order valence-corrected chi connectivity index (χ1v) is 9.66. The molecule has 2 aliphatic heterocycles. The van der Waals surface area contributed by atoms with Crippen molar-refractivity contribution in [2.75, 3.05) is 24.6 Å². The second-order valence-electron chi connectivity index (χ2n) is 8.44. The lowest BCUT2D eigenvalue weighted by molar-refractivity contribution is 0.0694. The Balaban J connectivity index is 0.00000218. The number of hydrogen-bond donors (Lipinski definition) is 2. The van der Waals surface area contributed by atoms with E-state index in [1.54, 1.807) is 9.47 Å². The SMILES string of the molecule is CC1COc2c(N3CC(F)C(C4(N)CC4)C3)c(F)cc3c(=O)c(C(=O)O)cn1c23.Cl. The largest absolute Gasteiger partial charge is 0.487 e. The van der Waals surface area contributed by atoms with E-state index in [-0.39, 0.29) is 60.9 Å². The highest BCUT2D eigenvalue weighted by Crippen LogP contribution is 2.48. The lowest BCUT2D eigenvalue weighted by atomic mass is 9.96. The fourth-order valence-electron chi connectivity index (χ4n) is 4.66. The van der Waals surface area contributed by atoms with Gasteiger partial charge in [0.15, 0.2) is 11.6 Å². The third kappa shape index (κ3) is 2.86. The third-order valence-corrected chi connectivity index (χ3v) is 6.50. The normalized spacial score (nSPS) is 26.3. The van der Waals surface area contributed by atoms with E-state index in [0.717, 1.165) is 18.9 Å². The molecule has 3 aliphatic rings. The van der Waals surface area contributed by atoms with Crippen LogP contribution < -0.4 is 20.8 Å². The molecule has 162 valence electrons. The summed E-state index contributed by atoms with van der Waals surface area (Å²) >= 11 is 0. The minimum Gasteiger partial charge on any atom is -0.487 e. The number of nitrogens with zero attached hydrogens (tertiary/aromatic N) is 2. The van der Waals surface area contributed by atoms with Gasteiger partial charge in [0.25, 0.3) is 0 Å². The van der Waals surface area contributed by atoms with E-state index in [9.17, 15) is 19.1 Å². The van der Waals surface area contributed by atoms with Gasteiger partial charge in [-0.25, -0.2) is 13.6 Å². The predicted molar refractivity (Wildman–Crippen MR) is 109 cm³/mol. The topological polar surface area (TPSA) is 97.8 Å². The average molecular weight is 442 g/mol. The molecule has 1 aromatic carbocycles. The van der Waals surface area contributed by atoms with E-state index >= 15 is 4.39 Å². The molecule has 3 unspecified atom stereocenters. The summed E-state index contributed by atoms with van der Waals surface area (Å²) in [6.45, 7) is 2.26. The Morgan fingerprint density at radius 3 is 2.70 bits per heavy atom. The molecule has 7 nitrogen and oxygen atoms in total. The standard InChI is InChI=1S/C20H21F2N3O4.ClH/c1-9-8-29-18-15-10(17(26)11(19(27)28)5-25(9)15)4-13(21)16(18)24-6-12(14(22)7-24)20(23)2-3-20;/h4-5,9,12,14H,2-3,6-8,23H2,1H3,(H,27,28);1H. The number of nitrogens with two attached hydrogens (primary N) is 1. The zero-order valence-corrected chi connectivity index (χ0v) is 17.0. The molecule has 10 heteroatoms. The lowest BCUT2D eigenvalue weighted by Gasteiger charge is -2.31. The molecule has 1 aromatic heterocycles. The van der Waals surface area contributed by atoms with Crippen molar-refractivity contribution in [2.45, 2.75) is 37.5 Å². The first kappa shape index (κ1) is 20.9. The molecule has 1 aliphatic carbocycles. The van der Waals surface area contributed by atoms with E-state index < -0.39 is 34.5 Å². The van der Waals surface area contributed by atoms with Crippen LogP contribution in [0.3, 0.4) is 0 Å². The first-order valence-electron chi connectivity index (χ1n) is 9.66. The molecule has 0 bridgehead atoms. The van der Waals surface area contributed by atoms with Crippen molar-refractivity contribution >= 4 is 35.0 Å². The van der Waals surface area contributed by atoms with E-state index in [1.807, 2.05) is 6.92 Å². The Hall–Kier alpha value is -2.39. The molecule has 1 saturated heterocycles. The van der Waals surface area contributed by atoms with Gasteiger partial charge in [-0.1, -0.05) is 0 Å².